The van der Waals surface area contributed by atoms with Gasteiger partial charge in [0.15, 0.2) is 0 Å². The summed E-state index contributed by atoms with van der Waals surface area (Å²) in [6, 6.07) is 9.23. The summed E-state index contributed by atoms with van der Waals surface area (Å²) < 4.78 is 12.2. The van der Waals surface area contributed by atoms with Crippen molar-refractivity contribution in [3.8, 4) is 0 Å². The van der Waals surface area contributed by atoms with Crippen molar-refractivity contribution in [2.45, 2.75) is 6.92 Å². The number of hydrogen-bond donors (Lipinski definition) is 0. The highest BCUT2D eigenvalue weighted by Gasteiger charge is 1.99. The first kappa shape index (κ1) is 8.05. The zero-order valence-electron chi connectivity index (χ0n) is 8.49. The molecule has 0 fully saturated rings. The zero-order chi connectivity index (χ0) is 10.6. The van der Waals surface area contributed by atoms with Gasteiger partial charge in [-0.1, -0.05) is 36.9 Å². The van der Waals surface area contributed by atoms with Crippen LogP contribution in [0.3, 0.4) is 0 Å². The molecule has 0 aliphatic heterocycles. The fourth-order valence-corrected chi connectivity index (χ4v) is 0.874. The Hall–Kier alpha value is -1.57. The molecule has 0 N–H and O–H groups in total. The Kier molecular flexibility index (Phi) is 2.76. The third-order valence-corrected chi connectivity index (χ3v) is 1.51. The van der Waals surface area contributed by atoms with Gasteiger partial charge in [0.1, 0.15) is 6.58 Å². The van der Waals surface area contributed by atoms with E-state index in [1.807, 2.05) is 30.3 Å². The molecule has 0 aliphatic carbocycles. The van der Waals surface area contributed by atoms with Crippen LogP contribution in [0.1, 0.15) is 13.9 Å². The van der Waals surface area contributed by atoms with E-state index < -0.39 is 12.6 Å². The van der Waals surface area contributed by atoms with Crippen molar-refractivity contribution in [3.63, 3.8) is 0 Å². The monoisotopic (exact) mass is 177 g/mol. The molecule has 0 aliphatic rings. The minimum atomic E-state index is -1.02. The number of carbonyl (C=O) groups excluding carboxylic acids is 1. The fraction of sp³-hybridized carbons (Fsp3) is 0.182. The van der Waals surface area contributed by atoms with Gasteiger partial charge in [-0.3, -0.25) is 4.79 Å². The molecule has 1 atom stereocenters. The van der Waals surface area contributed by atoms with Crippen LogP contribution >= 0.6 is 0 Å². The van der Waals surface area contributed by atoms with Crippen LogP contribution in [0, 0.1) is 0 Å². The summed E-state index contributed by atoms with van der Waals surface area (Å²) in [6.07, 6.45) is 0. The fourth-order valence-electron chi connectivity index (χ4n) is 0.874. The summed E-state index contributed by atoms with van der Waals surface area (Å²) in [6.45, 7) is 3.97. The van der Waals surface area contributed by atoms with E-state index in [-0.39, 0.29) is 0 Å². The van der Waals surface area contributed by atoms with E-state index in [2.05, 4.69) is 6.58 Å². The molecule has 0 saturated carbocycles. The average Bonchev–Trinajstić information content (AvgIpc) is 2.17. The van der Waals surface area contributed by atoms with Crippen LogP contribution in [0.2, 0.25) is 0 Å². The molecule has 2 heteroatoms. The van der Waals surface area contributed by atoms with Gasteiger partial charge < -0.3 is 4.74 Å². The molecule has 0 saturated heterocycles. The van der Waals surface area contributed by atoms with Crippen molar-refractivity contribution in [1.29, 1.82) is 0 Å². The highest BCUT2D eigenvalue weighted by Crippen LogP contribution is 2.11. The summed E-state index contributed by atoms with van der Waals surface area (Å²) in [4.78, 5) is 10.6. The van der Waals surface area contributed by atoms with Gasteiger partial charge in [-0.15, -0.1) is 0 Å². The lowest BCUT2D eigenvalue weighted by atomic mass is 10.1. The molecule has 1 aromatic carbocycles. The molecular weight excluding hydrogens is 164 g/mol. The Morgan fingerprint density at radius 2 is 2.15 bits per heavy atom. The van der Waals surface area contributed by atoms with E-state index in [1.54, 1.807) is 0 Å². The van der Waals surface area contributed by atoms with E-state index in [0.717, 1.165) is 5.56 Å². The normalized spacial score (nSPS) is 12.8. The Morgan fingerprint density at radius 1 is 1.54 bits per heavy atom. The van der Waals surface area contributed by atoms with Gasteiger partial charge in [0.2, 0.25) is 0 Å². The molecule has 1 aromatic rings. The number of esters is 1. The quantitative estimate of drug-likeness (QED) is 0.662. The topological polar surface area (TPSA) is 26.3 Å². The van der Waals surface area contributed by atoms with Crippen LogP contribution in [0.4, 0.5) is 0 Å². The van der Waals surface area contributed by atoms with Crippen LogP contribution < -0.4 is 0 Å². The minimum absolute atomic E-state index is 0.470. The molecule has 0 amide bonds. The largest absolute Gasteiger partial charge is 0.461 e. The van der Waals surface area contributed by atoms with Gasteiger partial charge in [-0.05, 0) is 11.1 Å². The summed E-state index contributed by atoms with van der Waals surface area (Å²) >= 11 is 0. The summed E-state index contributed by atoms with van der Waals surface area (Å²) in [5, 5.41) is 0. The number of benzene rings is 1. The standard InChI is InChI=1S/C11H12O2/c1-9(8-13-10(2)12)11-6-4-3-5-7-11/h3-7H,1,8H2,2H3/i8D. The van der Waals surface area contributed by atoms with Crippen molar-refractivity contribution in [1.82, 2.24) is 0 Å². The number of ether oxygens (including phenoxy) is 1. The minimum Gasteiger partial charge on any atom is -0.461 e. The van der Waals surface area contributed by atoms with Crippen LogP contribution in [0.25, 0.3) is 5.57 Å². The average molecular weight is 177 g/mol. The number of hydrogen-bond acceptors (Lipinski definition) is 2. The van der Waals surface area contributed by atoms with E-state index in [1.165, 1.54) is 6.92 Å². The lowest BCUT2D eigenvalue weighted by Gasteiger charge is -2.05. The molecule has 0 bridgehead atoms. The van der Waals surface area contributed by atoms with Crippen molar-refractivity contribution >= 4 is 11.5 Å². The lowest BCUT2D eigenvalue weighted by Crippen LogP contribution is -2.01. The summed E-state index contributed by atoms with van der Waals surface area (Å²) in [5.41, 5.74) is 1.30. The Balaban J connectivity index is 2.71. The van der Waals surface area contributed by atoms with E-state index in [0.29, 0.717) is 5.57 Å². The molecule has 0 radical (unpaired) electrons. The van der Waals surface area contributed by atoms with Gasteiger partial charge in [0.05, 0.1) is 1.37 Å². The van der Waals surface area contributed by atoms with Crippen LogP contribution in [0.5, 0.6) is 0 Å². The lowest BCUT2D eigenvalue weighted by molar-refractivity contribution is -0.139. The van der Waals surface area contributed by atoms with E-state index in [9.17, 15) is 4.79 Å². The molecule has 0 heterocycles. The smallest absolute Gasteiger partial charge is 0.302 e. The van der Waals surface area contributed by atoms with E-state index >= 15 is 0 Å². The molecule has 1 unspecified atom stereocenters. The first-order valence-electron chi connectivity index (χ1n) is 4.52. The second kappa shape index (κ2) is 4.45. The second-order valence-electron chi connectivity index (χ2n) is 2.62. The van der Waals surface area contributed by atoms with Crippen molar-refractivity contribution in [2.75, 3.05) is 6.58 Å². The molecule has 13 heavy (non-hydrogen) atoms. The third kappa shape index (κ3) is 3.11. The SMILES string of the molecule is [2H]C(OC(C)=O)C(=C)c1ccccc1. The Bertz CT molecular complexity index is 332. The summed E-state index contributed by atoms with van der Waals surface area (Å²) in [7, 11) is 0. The van der Waals surface area contributed by atoms with Crippen LogP contribution in [0.15, 0.2) is 36.9 Å². The van der Waals surface area contributed by atoms with Crippen molar-refractivity contribution in [3.05, 3.63) is 42.5 Å². The van der Waals surface area contributed by atoms with E-state index in [4.69, 9.17) is 6.11 Å². The molecule has 0 spiro atoms. The maximum Gasteiger partial charge on any atom is 0.302 e. The maximum atomic E-state index is 10.6. The van der Waals surface area contributed by atoms with Gasteiger partial charge >= 0.3 is 5.97 Å². The third-order valence-electron chi connectivity index (χ3n) is 1.51. The highest BCUT2D eigenvalue weighted by molar-refractivity contribution is 5.70. The van der Waals surface area contributed by atoms with Gasteiger partial charge in [-0.25, -0.2) is 0 Å². The summed E-state index contributed by atoms with van der Waals surface area (Å²) in [5.74, 6) is -0.470. The molecular formula is C11H12O2. The molecule has 1 rings (SSSR count). The van der Waals surface area contributed by atoms with Gasteiger partial charge in [0.25, 0.3) is 0 Å². The second-order valence-corrected chi connectivity index (χ2v) is 2.62. The number of carbonyl (C=O) groups is 1. The predicted octanol–water partition coefficient (Wildman–Crippen LogP) is 2.26. The first-order valence-corrected chi connectivity index (χ1v) is 3.95. The van der Waals surface area contributed by atoms with Gasteiger partial charge in [0, 0.05) is 6.92 Å². The Labute approximate surface area is 79.2 Å². The first-order chi connectivity index (χ1) is 6.61. The zero-order valence-corrected chi connectivity index (χ0v) is 7.49. The molecule has 68 valence electrons. The highest BCUT2D eigenvalue weighted by atomic mass is 16.5. The van der Waals surface area contributed by atoms with Crippen LogP contribution in [-0.4, -0.2) is 12.6 Å². The van der Waals surface area contributed by atoms with Crippen molar-refractivity contribution < 1.29 is 10.9 Å². The molecule has 0 aromatic heterocycles. The molecule has 2 nitrogen and oxygen atoms in total. The van der Waals surface area contributed by atoms with Crippen LogP contribution in [-0.2, 0) is 9.53 Å². The number of rotatable bonds is 3. The maximum absolute atomic E-state index is 10.6. The van der Waals surface area contributed by atoms with Gasteiger partial charge in [-0.2, -0.15) is 0 Å². The Morgan fingerprint density at radius 3 is 2.69 bits per heavy atom. The predicted molar refractivity (Wildman–Crippen MR) is 52.1 cm³/mol. The van der Waals surface area contributed by atoms with Crippen molar-refractivity contribution in [2.24, 2.45) is 0 Å².